The number of morpholine rings is 1. The quantitative estimate of drug-likeness (QED) is 0.664. The second-order valence-corrected chi connectivity index (χ2v) is 5.89. The molecule has 2 amide bonds. The Morgan fingerprint density at radius 3 is 2.86 bits per heavy atom. The molecule has 2 aliphatic rings. The number of nitrogens with zero attached hydrogens (tertiary/aromatic N) is 2. The van der Waals surface area contributed by atoms with Crippen LogP contribution in [0.3, 0.4) is 0 Å². The van der Waals surface area contributed by atoms with Gasteiger partial charge >= 0.3 is 0 Å². The van der Waals surface area contributed by atoms with Crippen molar-refractivity contribution in [3.63, 3.8) is 0 Å². The van der Waals surface area contributed by atoms with Crippen LogP contribution >= 0.6 is 0 Å². The van der Waals surface area contributed by atoms with E-state index in [-0.39, 0.29) is 18.6 Å². The molecule has 2 heterocycles. The van der Waals surface area contributed by atoms with Crippen LogP contribution in [0.25, 0.3) is 0 Å². The number of amides is 2. The highest BCUT2D eigenvalue weighted by Crippen LogP contribution is 2.16. The maximum absolute atomic E-state index is 12.2. The van der Waals surface area contributed by atoms with Crippen LogP contribution < -0.4 is 11.1 Å². The summed E-state index contributed by atoms with van der Waals surface area (Å²) in [5.74, 6) is -0.456. The summed E-state index contributed by atoms with van der Waals surface area (Å²) in [5.41, 5.74) is 5.38. The van der Waals surface area contributed by atoms with Crippen LogP contribution in [-0.2, 0) is 14.3 Å². The molecule has 2 fully saturated rings. The molecule has 0 spiro atoms. The fourth-order valence-electron chi connectivity index (χ4n) is 2.96. The number of hydrogen-bond donors (Lipinski definition) is 2. The van der Waals surface area contributed by atoms with Crippen molar-refractivity contribution in [3.8, 4) is 0 Å². The first-order valence-electron chi connectivity index (χ1n) is 7.67. The van der Waals surface area contributed by atoms with Gasteiger partial charge in [0.1, 0.15) is 6.04 Å². The second-order valence-electron chi connectivity index (χ2n) is 5.89. The summed E-state index contributed by atoms with van der Waals surface area (Å²) < 4.78 is 5.63. The molecule has 7 nitrogen and oxygen atoms in total. The van der Waals surface area contributed by atoms with Crippen molar-refractivity contribution in [2.75, 3.05) is 46.4 Å². The van der Waals surface area contributed by atoms with E-state index in [1.165, 1.54) is 0 Å². The zero-order chi connectivity index (χ0) is 15.2. The van der Waals surface area contributed by atoms with Gasteiger partial charge in [-0.1, -0.05) is 0 Å². The fourth-order valence-corrected chi connectivity index (χ4v) is 2.96. The van der Waals surface area contributed by atoms with Crippen molar-refractivity contribution in [2.24, 2.45) is 5.73 Å². The first-order valence-corrected chi connectivity index (χ1v) is 7.67. The minimum atomic E-state index is -0.440. The number of nitrogens with one attached hydrogen (secondary N) is 1. The van der Waals surface area contributed by atoms with E-state index >= 15 is 0 Å². The summed E-state index contributed by atoms with van der Waals surface area (Å²) in [6.45, 7) is 4.04. The Hall–Kier alpha value is -1.18. The Kier molecular flexibility index (Phi) is 5.96. The number of nitrogens with two attached hydrogens (primary N) is 1. The molecule has 2 aliphatic heterocycles. The topological polar surface area (TPSA) is 87.9 Å². The largest absolute Gasteiger partial charge is 0.374 e. The van der Waals surface area contributed by atoms with Crippen LogP contribution in [0.15, 0.2) is 0 Å². The predicted octanol–water partition coefficient (Wildman–Crippen LogP) is -1.23. The van der Waals surface area contributed by atoms with Gasteiger partial charge in [0.05, 0.1) is 19.3 Å². The third-order valence-corrected chi connectivity index (χ3v) is 4.14. The van der Waals surface area contributed by atoms with Gasteiger partial charge < -0.3 is 25.6 Å². The number of hydrogen-bond acceptors (Lipinski definition) is 5. The number of primary amides is 1. The Balaban J connectivity index is 1.74. The smallest absolute Gasteiger partial charge is 0.240 e. The number of piperidine rings is 1. The van der Waals surface area contributed by atoms with Crippen molar-refractivity contribution in [1.82, 2.24) is 15.1 Å². The lowest BCUT2D eigenvalue weighted by atomic mass is 10.0. The van der Waals surface area contributed by atoms with Crippen molar-refractivity contribution in [3.05, 3.63) is 0 Å². The summed E-state index contributed by atoms with van der Waals surface area (Å²) in [7, 11) is 2.06. The molecule has 0 unspecified atom stereocenters. The van der Waals surface area contributed by atoms with Gasteiger partial charge in [-0.25, -0.2) is 0 Å². The molecule has 0 aromatic heterocycles. The predicted molar refractivity (Wildman–Crippen MR) is 78.7 cm³/mol. The molecule has 0 radical (unpaired) electrons. The first kappa shape index (κ1) is 16.2. The Labute approximate surface area is 125 Å². The average molecular weight is 298 g/mol. The van der Waals surface area contributed by atoms with Crippen molar-refractivity contribution in [2.45, 2.75) is 31.4 Å². The van der Waals surface area contributed by atoms with Crippen molar-refractivity contribution < 1.29 is 14.3 Å². The Morgan fingerprint density at radius 2 is 2.14 bits per heavy atom. The summed E-state index contributed by atoms with van der Waals surface area (Å²) in [6.07, 6.45) is 2.68. The summed E-state index contributed by atoms with van der Waals surface area (Å²) in [4.78, 5) is 27.5. The van der Waals surface area contributed by atoms with E-state index in [2.05, 4.69) is 17.3 Å². The first-order chi connectivity index (χ1) is 10.1. The molecule has 0 saturated carbocycles. The Morgan fingerprint density at radius 1 is 1.33 bits per heavy atom. The van der Waals surface area contributed by atoms with Crippen LogP contribution in [0.1, 0.15) is 19.3 Å². The zero-order valence-electron chi connectivity index (χ0n) is 12.7. The molecule has 120 valence electrons. The van der Waals surface area contributed by atoms with Crippen LogP contribution in [0, 0.1) is 0 Å². The van der Waals surface area contributed by atoms with E-state index in [4.69, 9.17) is 10.5 Å². The van der Waals surface area contributed by atoms with Gasteiger partial charge in [-0.3, -0.25) is 9.59 Å². The van der Waals surface area contributed by atoms with Gasteiger partial charge in [0.25, 0.3) is 0 Å². The number of likely N-dealkylation sites (N-methyl/N-ethyl adjacent to an activating group) is 1. The molecule has 0 bridgehead atoms. The van der Waals surface area contributed by atoms with E-state index in [0.717, 1.165) is 32.5 Å². The minimum absolute atomic E-state index is 0.0531. The maximum Gasteiger partial charge on any atom is 0.240 e. The molecule has 3 N–H and O–H groups in total. The van der Waals surface area contributed by atoms with Gasteiger partial charge in [0.2, 0.25) is 11.8 Å². The van der Waals surface area contributed by atoms with E-state index in [1.807, 2.05) is 0 Å². The summed E-state index contributed by atoms with van der Waals surface area (Å²) in [5, 5.41) is 3.14. The summed E-state index contributed by atoms with van der Waals surface area (Å²) >= 11 is 0. The number of rotatable bonds is 5. The van der Waals surface area contributed by atoms with Crippen LogP contribution in [-0.4, -0.2) is 80.1 Å². The van der Waals surface area contributed by atoms with E-state index in [0.29, 0.717) is 19.5 Å². The lowest BCUT2D eigenvalue weighted by Crippen LogP contribution is -2.53. The van der Waals surface area contributed by atoms with E-state index in [9.17, 15) is 9.59 Å². The standard InChI is InChI=1S/C14H26N4O3/c1-17-6-7-21-11(10-17)8-16-9-13(19)18-5-3-2-4-12(18)14(15)20/h11-12,16H,2-10H2,1H3,(H2,15,20)/t11-,12+/m0/s1. The molecule has 0 aromatic carbocycles. The molecule has 2 rings (SSSR count). The highest BCUT2D eigenvalue weighted by atomic mass is 16.5. The van der Waals surface area contributed by atoms with Crippen LogP contribution in [0.5, 0.6) is 0 Å². The zero-order valence-corrected chi connectivity index (χ0v) is 12.7. The summed E-state index contributed by atoms with van der Waals surface area (Å²) in [6, 6.07) is -0.440. The molecule has 2 atom stereocenters. The van der Waals surface area contributed by atoms with Crippen LogP contribution in [0.2, 0.25) is 0 Å². The third kappa shape index (κ3) is 4.66. The Bertz CT molecular complexity index is 377. The van der Waals surface area contributed by atoms with Gasteiger partial charge in [-0.05, 0) is 26.3 Å². The van der Waals surface area contributed by atoms with Crippen molar-refractivity contribution in [1.29, 1.82) is 0 Å². The molecule has 0 aromatic rings. The molecular formula is C14H26N4O3. The third-order valence-electron chi connectivity index (χ3n) is 4.14. The number of likely N-dealkylation sites (tertiary alicyclic amines) is 1. The highest BCUT2D eigenvalue weighted by molar-refractivity contribution is 5.87. The maximum atomic E-state index is 12.2. The average Bonchev–Trinajstić information content (AvgIpc) is 2.47. The lowest BCUT2D eigenvalue weighted by Gasteiger charge is -2.34. The van der Waals surface area contributed by atoms with E-state index < -0.39 is 11.9 Å². The normalized spacial score (nSPS) is 27.6. The second kappa shape index (κ2) is 7.72. The van der Waals surface area contributed by atoms with Gasteiger partial charge in [0, 0.05) is 26.2 Å². The molecule has 2 saturated heterocycles. The SMILES string of the molecule is CN1CCO[C@@H](CNCC(=O)N2CCCC[C@@H]2C(N)=O)C1. The van der Waals surface area contributed by atoms with Crippen LogP contribution in [0.4, 0.5) is 0 Å². The highest BCUT2D eigenvalue weighted by Gasteiger charge is 2.30. The number of carbonyl (C=O) groups excluding carboxylic acids is 2. The van der Waals surface area contributed by atoms with Gasteiger partial charge in [-0.2, -0.15) is 0 Å². The van der Waals surface area contributed by atoms with Gasteiger partial charge in [-0.15, -0.1) is 0 Å². The van der Waals surface area contributed by atoms with Gasteiger partial charge in [0.15, 0.2) is 0 Å². The monoisotopic (exact) mass is 298 g/mol. The minimum Gasteiger partial charge on any atom is -0.374 e. The number of ether oxygens (including phenoxy) is 1. The molecule has 0 aliphatic carbocycles. The molecular weight excluding hydrogens is 272 g/mol. The van der Waals surface area contributed by atoms with Crippen molar-refractivity contribution >= 4 is 11.8 Å². The molecule has 21 heavy (non-hydrogen) atoms. The van der Waals surface area contributed by atoms with E-state index in [1.54, 1.807) is 4.90 Å². The fraction of sp³-hybridized carbons (Fsp3) is 0.857. The lowest BCUT2D eigenvalue weighted by molar-refractivity contribution is -0.140. The molecule has 7 heteroatoms. The number of carbonyl (C=O) groups is 2.